The molecule has 0 aliphatic carbocycles. The highest BCUT2D eigenvalue weighted by Crippen LogP contribution is 2.28. The fraction of sp³-hybridized carbons (Fsp3) is 0.273. The molecule has 0 amide bonds. The number of aromatic nitrogens is 4. The number of nitrogens with zero attached hydrogens (tertiary/aromatic N) is 4. The van der Waals surface area contributed by atoms with Crippen molar-refractivity contribution in [2.24, 2.45) is 0 Å². The van der Waals surface area contributed by atoms with Crippen LogP contribution in [0.2, 0.25) is 0 Å². The minimum absolute atomic E-state index is 0.0947. The van der Waals surface area contributed by atoms with Gasteiger partial charge in [0.05, 0.1) is 0 Å². The second-order valence-corrected chi connectivity index (χ2v) is 5.80. The SMILES string of the molecule is O=S(=O)(O)CC[n+]1ccc(-c2nccc(C(F)(F)F)n2)cn1. The lowest BCUT2D eigenvalue weighted by molar-refractivity contribution is -0.750. The monoisotopic (exact) mass is 335 g/mol. The van der Waals surface area contributed by atoms with Gasteiger partial charge in [-0.15, -0.1) is 0 Å². The molecule has 11 heteroatoms. The third-order valence-electron chi connectivity index (χ3n) is 2.55. The molecule has 2 rings (SSSR count). The van der Waals surface area contributed by atoms with Crippen LogP contribution in [0.3, 0.4) is 0 Å². The van der Waals surface area contributed by atoms with Gasteiger partial charge in [0.25, 0.3) is 10.1 Å². The van der Waals surface area contributed by atoms with E-state index in [0.717, 1.165) is 12.3 Å². The molecule has 2 aromatic rings. The van der Waals surface area contributed by atoms with Gasteiger partial charge >= 0.3 is 6.18 Å². The zero-order valence-electron chi connectivity index (χ0n) is 10.9. The predicted octanol–water partition coefficient (Wildman–Crippen LogP) is 0.733. The first-order valence-electron chi connectivity index (χ1n) is 5.87. The van der Waals surface area contributed by atoms with E-state index < -0.39 is 27.7 Å². The molecule has 0 bridgehead atoms. The van der Waals surface area contributed by atoms with Crippen molar-refractivity contribution in [2.75, 3.05) is 5.75 Å². The van der Waals surface area contributed by atoms with Gasteiger partial charge in [0.15, 0.2) is 18.6 Å². The van der Waals surface area contributed by atoms with E-state index in [1.807, 2.05) is 0 Å². The fourth-order valence-electron chi connectivity index (χ4n) is 1.51. The number of hydrogen-bond donors (Lipinski definition) is 1. The molecule has 0 aliphatic heterocycles. The first kappa shape index (κ1) is 16.2. The summed E-state index contributed by atoms with van der Waals surface area (Å²) in [5.74, 6) is -0.673. The normalized spacial score (nSPS) is 12.4. The number of hydrogen-bond acceptors (Lipinski definition) is 5. The Labute approximate surface area is 123 Å². The number of rotatable bonds is 4. The molecular formula is C11H10F3N4O3S+. The lowest BCUT2D eigenvalue weighted by atomic mass is 10.3. The van der Waals surface area contributed by atoms with E-state index in [1.54, 1.807) is 0 Å². The molecule has 0 spiro atoms. The van der Waals surface area contributed by atoms with Crippen LogP contribution in [0.25, 0.3) is 11.4 Å². The summed E-state index contributed by atoms with van der Waals surface area (Å²) in [6.45, 7) is -0.0947. The van der Waals surface area contributed by atoms with Gasteiger partial charge in [-0.1, -0.05) is 4.68 Å². The Bertz CT molecular complexity index is 763. The largest absolute Gasteiger partial charge is 0.433 e. The maximum atomic E-state index is 12.6. The Kier molecular flexibility index (Phi) is 4.37. The van der Waals surface area contributed by atoms with Gasteiger partial charge in [0.2, 0.25) is 0 Å². The molecule has 0 radical (unpaired) electrons. The zero-order valence-corrected chi connectivity index (χ0v) is 11.7. The maximum Gasteiger partial charge on any atom is 0.433 e. The summed E-state index contributed by atoms with van der Waals surface area (Å²) in [6.07, 6.45) is -1.02. The molecule has 2 aromatic heterocycles. The van der Waals surface area contributed by atoms with Crippen molar-refractivity contribution < 1.29 is 30.8 Å². The van der Waals surface area contributed by atoms with Gasteiger partial charge in [0, 0.05) is 17.8 Å². The van der Waals surface area contributed by atoms with E-state index in [4.69, 9.17) is 4.55 Å². The Morgan fingerprint density at radius 3 is 2.55 bits per heavy atom. The summed E-state index contributed by atoms with van der Waals surface area (Å²) in [6, 6.07) is 2.15. The van der Waals surface area contributed by atoms with Crippen molar-refractivity contribution in [3.63, 3.8) is 0 Å². The van der Waals surface area contributed by atoms with Gasteiger partial charge in [-0.2, -0.15) is 21.6 Å². The quantitative estimate of drug-likeness (QED) is 0.654. The Balaban J connectivity index is 2.20. The van der Waals surface area contributed by atoms with E-state index in [2.05, 4.69) is 15.1 Å². The summed E-state index contributed by atoms with van der Waals surface area (Å²) in [5.41, 5.74) is -0.824. The average molecular weight is 335 g/mol. The number of aryl methyl sites for hydroxylation is 1. The highest BCUT2D eigenvalue weighted by atomic mass is 32.2. The second-order valence-electron chi connectivity index (χ2n) is 4.23. The highest BCUT2D eigenvalue weighted by molar-refractivity contribution is 7.85. The van der Waals surface area contributed by atoms with Gasteiger partial charge in [0.1, 0.15) is 17.6 Å². The van der Waals surface area contributed by atoms with Crippen LogP contribution in [-0.2, 0) is 22.8 Å². The minimum Gasteiger partial charge on any atom is -0.285 e. The Morgan fingerprint density at radius 2 is 2.00 bits per heavy atom. The van der Waals surface area contributed by atoms with E-state index in [9.17, 15) is 21.6 Å². The highest BCUT2D eigenvalue weighted by Gasteiger charge is 2.32. The van der Waals surface area contributed by atoms with E-state index in [-0.39, 0.29) is 17.9 Å². The van der Waals surface area contributed by atoms with E-state index in [1.165, 1.54) is 23.1 Å². The number of halogens is 3. The Hall–Kier alpha value is -2.14. The van der Waals surface area contributed by atoms with E-state index >= 15 is 0 Å². The Morgan fingerprint density at radius 1 is 1.27 bits per heavy atom. The summed E-state index contributed by atoms with van der Waals surface area (Å²) in [7, 11) is -4.12. The molecule has 0 atom stereocenters. The molecule has 7 nitrogen and oxygen atoms in total. The first-order valence-corrected chi connectivity index (χ1v) is 7.48. The summed E-state index contributed by atoms with van der Waals surface area (Å²) in [4.78, 5) is 7.15. The topological polar surface area (TPSA) is 96.9 Å². The molecule has 0 saturated carbocycles. The van der Waals surface area contributed by atoms with Gasteiger partial charge < -0.3 is 0 Å². The van der Waals surface area contributed by atoms with Crippen LogP contribution < -0.4 is 4.68 Å². The molecule has 0 unspecified atom stereocenters. The molecule has 2 heterocycles. The minimum atomic E-state index is -4.57. The van der Waals surface area contributed by atoms with Crippen molar-refractivity contribution in [3.05, 3.63) is 36.4 Å². The zero-order chi connectivity index (χ0) is 16.4. The van der Waals surface area contributed by atoms with Gasteiger partial charge in [-0.3, -0.25) is 4.55 Å². The predicted molar refractivity (Wildman–Crippen MR) is 66.9 cm³/mol. The van der Waals surface area contributed by atoms with Crippen LogP contribution in [-0.4, -0.2) is 33.8 Å². The third kappa shape index (κ3) is 4.43. The van der Waals surface area contributed by atoms with Crippen molar-refractivity contribution in [2.45, 2.75) is 12.7 Å². The second kappa shape index (κ2) is 5.93. The van der Waals surface area contributed by atoms with Crippen LogP contribution in [0.15, 0.2) is 30.7 Å². The van der Waals surface area contributed by atoms with Crippen molar-refractivity contribution in [1.29, 1.82) is 0 Å². The van der Waals surface area contributed by atoms with Gasteiger partial charge in [-0.05, 0) is 11.2 Å². The van der Waals surface area contributed by atoms with Crippen molar-refractivity contribution in [3.8, 4) is 11.4 Å². The smallest absolute Gasteiger partial charge is 0.285 e. The third-order valence-corrected chi connectivity index (χ3v) is 3.25. The van der Waals surface area contributed by atoms with E-state index in [0.29, 0.717) is 0 Å². The fourth-order valence-corrected chi connectivity index (χ4v) is 1.93. The molecule has 0 fully saturated rings. The molecule has 22 heavy (non-hydrogen) atoms. The summed E-state index contributed by atoms with van der Waals surface area (Å²) in [5, 5.41) is 3.83. The van der Waals surface area contributed by atoms with Crippen LogP contribution in [0.5, 0.6) is 0 Å². The summed E-state index contributed by atoms with van der Waals surface area (Å²) < 4.78 is 68.8. The summed E-state index contributed by atoms with van der Waals surface area (Å²) >= 11 is 0. The molecule has 0 saturated heterocycles. The molecule has 0 aliphatic rings. The van der Waals surface area contributed by atoms with Crippen molar-refractivity contribution >= 4 is 10.1 Å². The first-order chi connectivity index (χ1) is 10.1. The lowest BCUT2D eigenvalue weighted by Crippen LogP contribution is -2.40. The maximum absolute atomic E-state index is 12.6. The standard InChI is InChI=1S/C11H9F3N4O3S/c12-11(13,14)9-1-3-15-10(17-9)8-2-4-18(16-7-8)5-6-22(19,20)21/h1-4,7H,5-6H2/p+1. The van der Waals surface area contributed by atoms with Gasteiger partial charge in [-0.25, -0.2) is 9.97 Å². The van der Waals surface area contributed by atoms with Crippen LogP contribution in [0, 0.1) is 0 Å². The number of alkyl halides is 3. The molecule has 1 N–H and O–H groups in total. The van der Waals surface area contributed by atoms with Crippen LogP contribution >= 0.6 is 0 Å². The van der Waals surface area contributed by atoms with Crippen molar-refractivity contribution in [1.82, 2.24) is 15.1 Å². The average Bonchev–Trinajstić information content (AvgIpc) is 2.44. The molecule has 0 aromatic carbocycles. The molecular weight excluding hydrogens is 325 g/mol. The molecule has 118 valence electrons. The van der Waals surface area contributed by atoms with Crippen LogP contribution in [0.1, 0.15) is 5.69 Å². The van der Waals surface area contributed by atoms with Crippen LogP contribution in [0.4, 0.5) is 13.2 Å². The lowest BCUT2D eigenvalue weighted by Gasteiger charge is -2.06.